The van der Waals surface area contributed by atoms with Crippen LogP contribution in [0.4, 0.5) is 10.3 Å². The number of rotatable bonds is 6. The average molecular weight is 278 g/mol. The highest BCUT2D eigenvalue weighted by molar-refractivity contribution is 5.77. The highest BCUT2D eigenvalue weighted by atomic mass is 19.1. The third-order valence-electron chi connectivity index (χ3n) is 3.43. The molecular weight excluding hydrogens is 255 g/mol. The van der Waals surface area contributed by atoms with Crippen LogP contribution in [0.3, 0.4) is 0 Å². The predicted octanol–water partition coefficient (Wildman–Crippen LogP) is 3.23. The zero-order valence-electron chi connectivity index (χ0n) is 12.6. The summed E-state index contributed by atoms with van der Waals surface area (Å²) in [4.78, 5) is 9.89. The summed E-state index contributed by atoms with van der Waals surface area (Å²) in [6, 6.07) is 5.60. The van der Waals surface area contributed by atoms with Gasteiger partial charge in [-0.3, -0.25) is 4.90 Å². The molecule has 0 amide bonds. The highest BCUT2D eigenvalue weighted by Crippen LogP contribution is 2.15. The first-order valence-electron chi connectivity index (χ1n) is 7.12. The number of aromatic nitrogens is 2. The number of hydrogen-bond acceptors (Lipinski definition) is 3. The van der Waals surface area contributed by atoms with E-state index in [-0.39, 0.29) is 5.82 Å². The molecule has 1 heterocycles. The van der Waals surface area contributed by atoms with Crippen LogP contribution in [0.15, 0.2) is 18.2 Å². The molecule has 0 atom stereocenters. The maximum absolute atomic E-state index is 13.1. The molecule has 4 nitrogen and oxygen atoms in total. The quantitative estimate of drug-likeness (QED) is 0.852. The standard InChI is InChI=1S/C15H23FN4/c1-10(2)20(11(3)4)8-7-17-15-18-13-6-5-12(16)9-14(13)19-15/h5-6,9-11H,7-8H2,1-4H3,(H2,17,18,19). The van der Waals surface area contributed by atoms with Crippen molar-refractivity contribution in [2.24, 2.45) is 0 Å². The third-order valence-corrected chi connectivity index (χ3v) is 3.43. The Labute approximate surface area is 119 Å². The second-order valence-electron chi connectivity index (χ2n) is 5.60. The van der Waals surface area contributed by atoms with E-state index >= 15 is 0 Å². The summed E-state index contributed by atoms with van der Waals surface area (Å²) in [5.41, 5.74) is 1.50. The van der Waals surface area contributed by atoms with Crippen molar-refractivity contribution in [3.05, 3.63) is 24.0 Å². The van der Waals surface area contributed by atoms with Crippen molar-refractivity contribution in [2.75, 3.05) is 18.4 Å². The number of imidazole rings is 1. The summed E-state index contributed by atoms with van der Waals surface area (Å²) in [7, 11) is 0. The first kappa shape index (κ1) is 14.8. The fourth-order valence-corrected chi connectivity index (χ4v) is 2.48. The molecule has 0 radical (unpaired) electrons. The van der Waals surface area contributed by atoms with Crippen LogP contribution in [-0.4, -0.2) is 40.0 Å². The van der Waals surface area contributed by atoms with E-state index in [0.29, 0.717) is 18.0 Å². The van der Waals surface area contributed by atoms with E-state index in [9.17, 15) is 4.39 Å². The van der Waals surface area contributed by atoms with Gasteiger partial charge in [-0.25, -0.2) is 9.37 Å². The van der Waals surface area contributed by atoms with E-state index in [1.54, 1.807) is 6.07 Å². The molecule has 0 saturated carbocycles. The summed E-state index contributed by atoms with van der Waals surface area (Å²) < 4.78 is 13.1. The molecule has 0 fully saturated rings. The molecule has 20 heavy (non-hydrogen) atoms. The molecule has 110 valence electrons. The summed E-state index contributed by atoms with van der Waals surface area (Å²) >= 11 is 0. The predicted molar refractivity (Wildman–Crippen MR) is 81.5 cm³/mol. The Balaban J connectivity index is 1.95. The number of hydrogen-bond donors (Lipinski definition) is 2. The Morgan fingerprint density at radius 3 is 2.60 bits per heavy atom. The molecule has 2 rings (SSSR count). The van der Waals surface area contributed by atoms with Gasteiger partial charge >= 0.3 is 0 Å². The minimum absolute atomic E-state index is 0.251. The Morgan fingerprint density at radius 2 is 1.95 bits per heavy atom. The maximum Gasteiger partial charge on any atom is 0.201 e. The van der Waals surface area contributed by atoms with E-state index in [1.807, 2.05) is 0 Å². The van der Waals surface area contributed by atoms with Gasteiger partial charge in [0.1, 0.15) is 5.82 Å². The van der Waals surface area contributed by atoms with Crippen LogP contribution in [-0.2, 0) is 0 Å². The number of fused-ring (bicyclic) bond motifs is 1. The molecule has 0 aliphatic heterocycles. The number of halogens is 1. The molecule has 2 aromatic rings. The van der Waals surface area contributed by atoms with Gasteiger partial charge in [0.15, 0.2) is 0 Å². The van der Waals surface area contributed by atoms with Crippen LogP contribution in [0.5, 0.6) is 0 Å². The smallest absolute Gasteiger partial charge is 0.201 e. The van der Waals surface area contributed by atoms with Crippen LogP contribution < -0.4 is 5.32 Å². The lowest BCUT2D eigenvalue weighted by Gasteiger charge is -2.30. The molecule has 2 N–H and O–H groups in total. The van der Waals surface area contributed by atoms with Crippen LogP contribution in [0.2, 0.25) is 0 Å². The molecule has 1 aromatic carbocycles. The Morgan fingerprint density at radius 1 is 1.25 bits per heavy atom. The summed E-state index contributed by atoms with van der Waals surface area (Å²) in [5, 5.41) is 3.26. The molecule has 1 aromatic heterocycles. The Kier molecular flexibility index (Phi) is 4.60. The number of benzene rings is 1. The van der Waals surface area contributed by atoms with Crippen molar-refractivity contribution in [1.29, 1.82) is 0 Å². The molecule has 0 aliphatic rings. The second-order valence-corrected chi connectivity index (χ2v) is 5.60. The van der Waals surface area contributed by atoms with Gasteiger partial charge in [-0.1, -0.05) is 0 Å². The van der Waals surface area contributed by atoms with Crippen molar-refractivity contribution in [2.45, 2.75) is 39.8 Å². The Bertz CT molecular complexity index is 554. The molecule has 0 unspecified atom stereocenters. The van der Waals surface area contributed by atoms with Gasteiger partial charge in [-0.2, -0.15) is 0 Å². The molecule has 0 aliphatic carbocycles. The molecule has 5 heteroatoms. The van der Waals surface area contributed by atoms with E-state index in [1.165, 1.54) is 12.1 Å². The second kappa shape index (κ2) is 6.22. The number of nitrogens with zero attached hydrogens (tertiary/aromatic N) is 2. The van der Waals surface area contributed by atoms with E-state index in [4.69, 9.17) is 0 Å². The van der Waals surface area contributed by atoms with Crippen molar-refractivity contribution < 1.29 is 4.39 Å². The van der Waals surface area contributed by atoms with Crippen molar-refractivity contribution in [1.82, 2.24) is 14.9 Å². The van der Waals surface area contributed by atoms with Crippen LogP contribution in [0, 0.1) is 5.82 Å². The Hall–Kier alpha value is -1.62. The number of nitrogens with one attached hydrogen (secondary N) is 2. The van der Waals surface area contributed by atoms with Gasteiger partial charge < -0.3 is 10.3 Å². The van der Waals surface area contributed by atoms with Crippen LogP contribution in [0.25, 0.3) is 11.0 Å². The highest BCUT2D eigenvalue weighted by Gasteiger charge is 2.12. The SMILES string of the molecule is CC(C)N(CCNc1nc2ccc(F)cc2[nH]1)C(C)C. The average Bonchev–Trinajstić information content (AvgIpc) is 2.75. The monoisotopic (exact) mass is 278 g/mol. The minimum atomic E-state index is -0.251. The fourth-order valence-electron chi connectivity index (χ4n) is 2.48. The van der Waals surface area contributed by atoms with E-state index in [0.717, 1.165) is 24.1 Å². The molecular formula is C15H23FN4. The van der Waals surface area contributed by atoms with Gasteiger partial charge in [0.25, 0.3) is 0 Å². The number of H-pyrrole nitrogens is 1. The molecule has 0 bridgehead atoms. The fraction of sp³-hybridized carbons (Fsp3) is 0.533. The lowest BCUT2D eigenvalue weighted by molar-refractivity contribution is 0.182. The van der Waals surface area contributed by atoms with Crippen molar-refractivity contribution in [3.63, 3.8) is 0 Å². The van der Waals surface area contributed by atoms with Gasteiger partial charge in [-0.05, 0) is 45.9 Å². The number of anilines is 1. The normalized spacial score (nSPS) is 12.0. The minimum Gasteiger partial charge on any atom is -0.355 e. The largest absolute Gasteiger partial charge is 0.355 e. The van der Waals surface area contributed by atoms with Crippen molar-refractivity contribution >= 4 is 17.0 Å². The van der Waals surface area contributed by atoms with Gasteiger partial charge in [-0.15, -0.1) is 0 Å². The third kappa shape index (κ3) is 3.48. The van der Waals surface area contributed by atoms with Gasteiger partial charge in [0, 0.05) is 25.2 Å². The first-order valence-corrected chi connectivity index (χ1v) is 7.12. The maximum atomic E-state index is 13.1. The topological polar surface area (TPSA) is 44.0 Å². The summed E-state index contributed by atoms with van der Waals surface area (Å²) in [6.07, 6.45) is 0. The molecule has 0 spiro atoms. The number of aromatic amines is 1. The van der Waals surface area contributed by atoms with Gasteiger partial charge in [0.05, 0.1) is 11.0 Å². The zero-order valence-corrected chi connectivity index (χ0v) is 12.6. The van der Waals surface area contributed by atoms with E-state index < -0.39 is 0 Å². The zero-order chi connectivity index (χ0) is 14.7. The summed E-state index contributed by atoms with van der Waals surface area (Å²) in [6.45, 7) is 10.5. The summed E-state index contributed by atoms with van der Waals surface area (Å²) in [5.74, 6) is 0.441. The van der Waals surface area contributed by atoms with Gasteiger partial charge in [0.2, 0.25) is 5.95 Å². The molecule has 0 saturated heterocycles. The lowest BCUT2D eigenvalue weighted by atomic mass is 10.2. The first-order chi connectivity index (χ1) is 9.47. The van der Waals surface area contributed by atoms with E-state index in [2.05, 4.69) is 47.9 Å². The lowest BCUT2D eigenvalue weighted by Crippen LogP contribution is -2.40. The van der Waals surface area contributed by atoms with Crippen molar-refractivity contribution in [3.8, 4) is 0 Å². The van der Waals surface area contributed by atoms with Crippen LogP contribution >= 0.6 is 0 Å². The van der Waals surface area contributed by atoms with Crippen LogP contribution in [0.1, 0.15) is 27.7 Å².